The maximum absolute atomic E-state index is 11.0. The number of aldehydes is 1. The molecule has 0 aliphatic heterocycles. The topological polar surface area (TPSA) is 34.1 Å². The summed E-state index contributed by atoms with van der Waals surface area (Å²) in [5.74, 6) is -0.208. The first-order valence-electron chi connectivity index (χ1n) is 3.52. The summed E-state index contributed by atoms with van der Waals surface area (Å²) in [6, 6.07) is 2.98. The van der Waals surface area contributed by atoms with Gasteiger partial charge in [0.15, 0.2) is 12.1 Å². The van der Waals surface area contributed by atoms with Crippen LogP contribution in [0, 0.1) is 0 Å². The van der Waals surface area contributed by atoms with Crippen molar-refractivity contribution in [1.29, 1.82) is 0 Å². The maximum Gasteiger partial charge on any atom is 0.160 e. The van der Waals surface area contributed by atoms with Crippen LogP contribution in [-0.4, -0.2) is 12.1 Å². The molecule has 0 atom stereocenters. The zero-order valence-electron chi connectivity index (χ0n) is 6.80. The maximum atomic E-state index is 11.0. The molecule has 0 heterocycles. The van der Waals surface area contributed by atoms with E-state index in [-0.39, 0.29) is 21.4 Å². The van der Waals surface area contributed by atoms with Crippen LogP contribution >= 0.6 is 23.2 Å². The summed E-state index contributed by atoms with van der Waals surface area (Å²) < 4.78 is 0. The number of rotatable bonds is 2. The molecule has 1 aromatic carbocycles. The molecular weight excluding hydrogens is 211 g/mol. The van der Waals surface area contributed by atoms with Crippen molar-refractivity contribution in [3.8, 4) is 0 Å². The van der Waals surface area contributed by atoms with Crippen molar-refractivity contribution < 1.29 is 9.59 Å². The van der Waals surface area contributed by atoms with Crippen LogP contribution in [0.3, 0.4) is 0 Å². The van der Waals surface area contributed by atoms with Crippen molar-refractivity contribution in [1.82, 2.24) is 0 Å². The van der Waals surface area contributed by atoms with Crippen LogP contribution in [0.5, 0.6) is 0 Å². The second-order valence-electron chi connectivity index (χ2n) is 2.50. The van der Waals surface area contributed by atoms with Gasteiger partial charge in [-0.15, -0.1) is 0 Å². The van der Waals surface area contributed by atoms with Gasteiger partial charge in [0.25, 0.3) is 0 Å². The van der Waals surface area contributed by atoms with Crippen molar-refractivity contribution in [3.63, 3.8) is 0 Å². The van der Waals surface area contributed by atoms with E-state index in [2.05, 4.69) is 0 Å². The number of hydrogen-bond donors (Lipinski definition) is 0. The lowest BCUT2D eigenvalue weighted by Crippen LogP contribution is -1.99. The molecule has 13 heavy (non-hydrogen) atoms. The highest BCUT2D eigenvalue weighted by Crippen LogP contribution is 2.27. The largest absolute Gasteiger partial charge is 0.298 e. The Bertz CT molecular complexity index is 372. The summed E-state index contributed by atoms with van der Waals surface area (Å²) >= 11 is 11.4. The standard InChI is InChI=1S/C9H6Cl2O2/c1-5(13)6-2-3-8(10)9(11)7(6)4-12/h2-4H,1H3. The predicted octanol–water partition coefficient (Wildman–Crippen LogP) is 3.01. The molecular formula is C9H6Cl2O2. The van der Waals surface area contributed by atoms with E-state index in [1.54, 1.807) is 0 Å². The molecule has 0 saturated carbocycles. The summed E-state index contributed by atoms with van der Waals surface area (Å²) in [4.78, 5) is 21.6. The van der Waals surface area contributed by atoms with Gasteiger partial charge in [-0.1, -0.05) is 23.2 Å². The Kier molecular flexibility index (Phi) is 3.07. The number of carbonyl (C=O) groups excluding carboxylic acids is 2. The van der Waals surface area contributed by atoms with Gasteiger partial charge >= 0.3 is 0 Å². The van der Waals surface area contributed by atoms with Gasteiger partial charge in [-0.3, -0.25) is 9.59 Å². The van der Waals surface area contributed by atoms with E-state index in [4.69, 9.17) is 23.2 Å². The average Bonchev–Trinajstić information content (AvgIpc) is 2.09. The van der Waals surface area contributed by atoms with Crippen LogP contribution < -0.4 is 0 Å². The van der Waals surface area contributed by atoms with Crippen LogP contribution in [0.4, 0.5) is 0 Å². The molecule has 0 N–H and O–H groups in total. The fraction of sp³-hybridized carbons (Fsp3) is 0.111. The molecule has 0 saturated heterocycles. The summed E-state index contributed by atoms with van der Waals surface area (Å²) in [6.07, 6.45) is 0.533. The number of benzene rings is 1. The fourth-order valence-electron chi connectivity index (χ4n) is 0.989. The molecule has 0 radical (unpaired) electrons. The molecule has 1 rings (SSSR count). The summed E-state index contributed by atoms with van der Waals surface area (Å²) in [5.41, 5.74) is 0.450. The lowest BCUT2D eigenvalue weighted by molar-refractivity contribution is 0.101. The number of Topliss-reactive ketones (excluding diaryl/α,β-unsaturated/α-hetero) is 1. The molecule has 0 bridgehead atoms. The minimum Gasteiger partial charge on any atom is -0.298 e. The highest BCUT2D eigenvalue weighted by atomic mass is 35.5. The third-order valence-corrected chi connectivity index (χ3v) is 2.45. The SMILES string of the molecule is CC(=O)c1ccc(Cl)c(Cl)c1C=O. The van der Waals surface area contributed by atoms with Crippen LogP contribution in [-0.2, 0) is 0 Å². The summed E-state index contributed by atoms with van der Waals surface area (Å²) in [5, 5.41) is 0.401. The Labute approximate surface area is 85.5 Å². The fourth-order valence-corrected chi connectivity index (χ4v) is 1.36. The molecule has 0 aliphatic carbocycles. The highest BCUT2D eigenvalue weighted by molar-refractivity contribution is 6.43. The minimum absolute atomic E-state index is 0.129. The zero-order valence-corrected chi connectivity index (χ0v) is 8.32. The smallest absolute Gasteiger partial charge is 0.160 e. The zero-order chi connectivity index (χ0) is 10.0. The van der Waals surface area contributed by atoms with E-state index in [9.17, 15) is 9.59 Å². The molecule has 0 amide bonds. The normalized spacial score (nSPS) is 9.77. The molecule has 0 aromatic heterocycles. The second-order valence-corrected chi connectivity index (χ2v) is 3.28. The van der Waals surface area contributed by atoms with Gasteiger partial charge < -0.3 is 0 Å². The molecule has 4 heteroatoms. The number of halogens is 2. The number of ketones is 1. The van der Waals surface area contributed by atoms with Crippen LogP contribution in [0.1, 0.15) is 27.6 Å². The van der Waals surface area contributed by atoms with Crippen molar-refractivity contribution in [2.75, 3.05) is 0 Å². The van der Waals surface area contributed by atoms with Gasteiger partial charge in [-0.05, 0) is 19.1 Å². The Hall–Kier alpha value is -0.860. The van der Waals surface area contributed by atoms with Gasteiger partial charge in [0.1, 0.15) is 0 Å². The molecule has 0 spiro atoms. The Morgan fingerprint density at radius 3 is 2.46 bits per heavy atom. The first kappa shape index (κ1) is 10.2. The van der Waals surface area contributed by atoms with E-state index in [0.717, 1.165) is 0 Å². The molecule has 2 nitrogen and oxygen atoms in total. The van der Waals surface area contributed by atoms with Gasteiger partial charge in [0, 0.05) is 11.1 Å². The highest BCUT2D eigenvalue weighted by Gasteiger charge is 2.12. The third kappa shape index (κ3) is 1.90. The van der Waals surface area contributed by atoms with Gasteiger partial charge in [0.05, 0.1) is 10.0 Å². The van der Waals surface area contributed by atoms with Gasteiger partial charge in [0.2, 0.25) is 0 Å². The quantitative estimate of drug-likeness (QED) is 0.563. The van der Waals surface area contributed by atoms with Gasteiger partial charge in [-0.25, -0.2) is 0 Å². The van der Waals surface area contributed by atoms with Crippen LogP contribution in [0.15, 0.2) is 12.1 Å². The Balaban J connectivity index is 3.47. The van der Waals surface area contributed by atoms with E-state index in [0.29, 0.717) is 11.8 Å². The van der Waals surface area contributed by atoms with E-state index in [1.807, 2.05) is 0 Å². The monoisotopic (exact) mass is 216 g/mol. The molecule has 1 aromatic rings. The van der Waals surface area contributed by atoms with E-state index >= 15 is 0 Å². The Morgan fingerprint density at radius 2 is 2.00 bits per heavy atom. The minimum atomic E-state index is -0.208. The van der Waals surface area contributed by atoms with E-state index < -0.39 is 0 Å². The molecule has 0 fully saturated rings. The summed E-state index contributed by atoms with van der Waals surface area (Å²) in [6.45, 7) is 1.37. The second kappa shape index (κ2) is 3.90. The third-order valence-electron chi connectivity index (χ3n) is 1.63. The van der Waals surface area contributed by atoms with Crippen molar-refractivity contribution in [2.24, 2.45) is 0 Å². The van der Waals surface area contributed by atoms with Crippen molar-refractivity contribution >= 4 is 35.3 Å². The number of hydrogen-bond acceptors (Lipinski definition) is 2. The summed E-state index contributed by atoms with van der Waals surface area (Å²) in [7, 11) is 0. The molecule has 0 unspecified atom stereocenters. The lowest BCUT2D eigenvalue weighted by atomic mass is 10.1. The predicted molar refractivity (Wildman–Crippen MR) is 51.9 cm³/mol. The van der Waals surface area contributed by atoms with Crippen LogP contribution in [0.25, 0.3) is 0 Å². The first-order valence-corrected chi connectivity index (χ1v) is 4.27. The van der Waals surface area contributed by atoms with Crippen molar-refractivity contribution in [3.05, 3.63) is 33.3 Å². The number of carbonyl (C=O) groups is 2. The molecule has 0 aliphatic rings. The van der Waals surface area contributed by atoms with E-state index in [1.165, 1.54) is 19.1 Å². The molecule has 68 valence electrons. The lowest BCUT2D eigenvalue weighted by Gasteiger charge is -2.03. The Morgan fingerprint density at radius 1 is 1.38 bits per heavy atom. The van der Waals surface area contributed by atoms with Crippen molar-refractivity contribution in [2.45, 2.75) is 6.92 Å². The van der Waals surface area contributed by atoms with Crippen LogP contribution in [0.2, 0.25) is 10.0 Å². The average molecular weight is 217 g/mol. The van der Waals surface area contributed by atoms with Gasteiger partial charge in [-0.2, -0.15) is 0 Å². The first-order chi connectivity index (χ1) is 6.07.